The molecule has 0 radical (unpaired) electrons. The Morgan fingerprint density at radius 2 is 1.77 bits per heavy atom. The first kappa shape index (κ1) is 17.9. The van der Waals surface area contributed by atoms with Crippen LogP contribution in [0.5, 0.6) is 0 Å². The highest BCUT2D eigenvalue weighted by Gasteiger charge is 2.12. The zero-order valence-corrected chi connectivity index (χ0v) is 15.4. The number of nitrogens with zero attached hydrogens (tertiary/aromatic N) is 2. The third-order valence-corrected chi connectivity index (χ3v) is 4.72. The lowest BCUT2D eigenvalue weighted by atomic mass is 10.2. The van der Waals surface area contributed by atoms with E-state index in [1.54, 1.807) is 6.92 Å². The summed E-state index contributed by atoms with van der Waals surface area (Å²) in [6.45, 7) is 3.71. The summed E-state index contributed by atoms with van der Waals surface area (Å²) in [5, 5.41) is 3.40. The number of amides is 1. The molecule has 0 fully saturated rings. The third-order valence-electron chi connectivity index (χ3n) is 3.78. The van der Waals surface area contributed by atoms with Gasteiger partial charge in [0.05, 0.1) is 11.4 Å². The smallest absolute Gasteiger partial charge is 0.258 e. The molecule has 3 rings (SSSR count). The summed E-state index contributed by atoms with van der Waals surface area (Å²) < 4.78 is 1.53. The molecule has 3 aromatic rings. The number of carbonyl (C=O) groups excluding carboxylic acids is 1. The van der Waals surface area contributed by atoms with Crippen molar-refractivity contribution in [3.63, 3.8) is 0 Å². The second-order valence-corrected chi connectivity index (χ2v) is 6.78. The fourth-order valence-electron chi connectivity index (χ4n) is 2.51. The van der Waals surface area contributed by atoms with Crippen LogP contribution in [0.3, 0.4) is 0 Å². The fourth-order valence-corrected chi connectivity index (χ4v) is 3.38. The maximum atomic E-state index is 12.5. The van der Waals surface area contributed by atoms with Crippen LogP contribution >= 0.6 is 11.8 Å². The molecule has 0 bridgehead atoms. The van der Waals surface area contributed by atoms with Crippen molar-refractivity contribution in [2.45, 2.75) is 19.0 Å². The molecule has 26 heavy (non-hydrogen) atoms. The minimum Gasteiger partial charge on any atom is -0.325 e. The normalized spacial score (nSPS) is 10.5. The molecule has 1 aromatic heterocycles. The van der Waals surface area contributed by atoms with Crippen molar-refractivity contribution in [2.75, 3.05) is 11.1 Å². The number of para-hydroxylation sites is 2. The number of aryl methyl sites for hydroxylation is 2. The molecule has 0 aliphatic heterocycles. The number of anilines is 1. The number of rotatable bonds is 5. The highest BCUT2D eigenvalue weighted by molar-refractivity contribution is 7.99. The Balaban J connectivity index is 1.81. The van der Waals surface area contributed by atoms with Crippen molar-refractivity contribution in [1.82, 2.24) is 9.55 Å². The van der Waals surface area contributed by atoms with Gasteiger partial charge in [-0.25, -0.2) is 4.98 Å². The zero-order chi connectivity index (χ0) is 18.5. The lowest BCUT2D eigenvalue weighted by molar-refractivity contribution is -0.113. The summed E-state index contributed by atoms with van der Waals surface area (Å²) in [5.41, 5.74) is 2.98. The maximum absolute atomic E-state index is 12.5. The first-order chi connectivity index (χ1) is 12.5. The zero-order valence-electron chi connectivity index (χ0n) is 14.6. The SMILES string of the molecule is Cc1cc(=O)n(-c2ccccc2)c(SCC(=O)Nc2ccccc2C)n1. The van der Waals surface area contributed by atoms with Gasteiger partial charge >= 0.3 is 0 Å². The van der Waals surface area contributed by atoms with Gasteiger partial charge in [-0.3, -0.25) is 14.2 Å². The Kier molecular flexibility index (Phi) is 5.53. The summed E-state index contributed by atoms with van der Waals surface area (Å²) in [5.74, 6) is 0.0246. The van der Waals surface area contributed by atoms with E-state index < -0.39 is 0 Å². The minimum absolute atomic E-state index is 0.139. The second-order valence-electron chi connectivity index (χ2n) is 5.84. The molecule has 132 valence electrons. The summed E-state index contributed by atoms with van der Waals surface area (Å²) in [7, 11) is 0. The molecule has 1 N–H and O–H groups in total. The fraction of sp³-hybridized carbons (Fsp3) is 0.150. The molecule has 2 aromatic carbocycles. The number of aromatic nitrogens is 2. The lowest BCUT2D eigenvalue weighted by Crippen LogP contribution is -2.22. The van der Waals surface area contributed by atoms with Crippen molar-refractivity contribution in [3.8, 4) is 5.69 Å². The van der Waals surface area contributed by atoms with E-state index in [9.17, 15) is 9.59 Å². The second kappa shape index (κ2) is 8.01. The van der Waals surface area contributed by atoms with Crippen LogP contribution in [0.4, 0.5) is 5.69 Å². The van der Waals surface area contributed by atoms with E-state index in [1.807, 2.05) is 61.5 Å². The first-order valence-electron chi connectivity index (χ1n) is 8.19. The molecule has 0 aliphatic carbocycles. The summed E-state index contributed by atoms with van der Waals surface area (Å²) in [6, 6.07) is 18.4. The molecule has 5 nitrogen and oxygen atoms in total. The van der Waals surface area contributed by atoms with Crippen molar-refractivity contribution in [3.05, 3.63) is 82.3 Å². The Morgan fingerprint density at radius 1 is 1.08 bits per heavy atom. The van der Waals surface area contributed by atoms with Crippen molar-refractivity contribution in [2.24, 2.45) is 0 Å². The van der Waals surface area contributed by atoms with E-state index in [0.29, 0.717) is 10.9 Å². The summed E-state index contributed by atoms with van der Waals surface area (Å²) in [4.78, 5) is 29.2. The quantitative estimate of drug-likeness (QED) is 0.554. The van der Waals surface area contributed by atoms with Crippen LogP contribution in [-0.4, -0.2) is 21.2 Å². The Bertz CT molecular complexity index is 984. The van der Waals surface area contributed by atoms with Gasteiger partial charge in [0.2, 0.25) is 5.91 Å². The molecular weight excluding hydrogens is 346 g/mol. The van der Waals surface area contributed by atoms with E-state index in [1.165, 1.54) is 22.4 Å². The molecule has 1 heterocycles. The highest BCUT2D eigenvalue weighted by atomic mass is 32.2. The molecule has 0 atom stereocenters. The number of carbonyl (C=O) groups is 1. The number of hydrogen-bond donors (Lipinski definition) is 1. The van der Waals surface area contributed by atoms with E-state index in [4.69, 9.17) is 0 Å². The molecule has 0 unspecified atom stereocenters. The molecule has 1 amide bonds. The van der Waals surface area contributed by atoms with Gasteiger partial charge in [0.1, 0.15) is 0 Å². The van der Waals surface area contributed by atoms with Gasteiger partial charge in [0, 0.05) is 17.4 Å². The van der Waals surface area contributed by atoms with Crippen LogP contribution in [0.1, 0.15) is 11.3 Å². The van der Waals surface area contributed by atoms with Crippen LogP contribution in [0, 0.1) is 13.8 Å². The number of hydrogen-bond acceptors (Lipinski definition) is 4. The third kappa shape index (κ3) is 4.21. The summed E-state index contributed by atoms with van der Waals surface area (Å²) in [6.07, 6.45) is 0. The van der Waals surface area contributed by atoms with Crippen LogP contribution in [0.25, 0.3) is 5.69 Å². The predicted octanol–water partition coefficient (Wildman–Crippen LogP) is 3.58. The van der Waals surface area contributed by atoms with Crippen LogP contribution in [0.15, 0.2) is 70.6 Å². The number of nitrogens with one attached hydrogen (secondary N) is 1. The van der Waals surface area contributed by atoms with Gasteiger partial charge in [0.25, 0.3) is 5.56 Å². The largest absolute Gasteiger partial charge is 0.325 e. The minimum atomic E-state index is -0.162. The van der Waals surface area contributed by atoms with Gasteiger partial charge in [-0.2, -0.15) is 0 Å². The van der Waals surface area contributed by atoms with Gasteiger partial charge in [-0.15, -0.1) is 0 Å². The lowest BCUT2D eigenvalue weighted by Gasteiger charge is -2.12. The maximum Gasteiger partial charge on any atom is 0.258 e. The predicted molar refractivity (Wildman–Crippen MR) is 105 cm³/mol. The Morgan fingerprint density at radius 3 is 2.50 bits per heavy atom. The van der Waals surface area contributed by atoms with Gasteiger partial charge in [0.15, 0.2) is 5.16 Å². The van der Waals surface area contributed by atoms with Gasteiger partial charge in [-0.05, 0) is 37.6 Å². The van der Waals surface area contributed by atoms with Crippen LogP contribution in [-0.2, 0) is 4.79 Å². The summed E-state index contributed by atoms with van der Waals surface area (Å²) >= 11 is 1.24. The van der Waals surface area contributed by atoms with Gasteiger partial charge < -0.3 is 5.32 Å². The monoisotopic (exact) mass is 365 g/mol. The van der Waals surface area contributed by atoms with Crippen LogP contribution in [0.2, 0.25) is 0 Å². The standard InChI is InChI=1S/C20H19N3O2S/c1-14-8-6-7-11-17(14)22-18(24)13-26-20-21-15(2)12-19(25)23(20)16-9-4-3-5-10-16/h3-12H,13H2,1-2H3,(H,22,24). The highest BCUT2D eigenvalue weighted by Crippen LogP contribution is 2.19. The Labute approximate surface area is 156 Å². The van der Waals surface area contributed by atoms with E-state index in [0.717, 1.165) is 16.9 Å². The van der Waals surface area contributed by atoms with Crippen molar-refractivity contribution < 1.29 is 4.79 Å². The molecule has 6 heteroatoms. The molecule has 0 saturated heterocycles. The number of thioether (sulfide) groups is 1. The average Bonchev–Trinajstić information content (AvgIpc) is 2.62. The van der Waals surface area contributed by atoms with E-state index in [2.05, 4.69) is 10.3 Å². The molecule has 0 aliphatic rings. The van der Waals surface area contributed by atoms with Crippen LogP contribution < -0.4 is 10.9 Å². The van der Waals surface area contributed by atoms with Gasteiger partial charge in [-0.1, -0.05) is 48.2 Å². The molecular formula is C20H19N3O2S. The number of benzene rings is 2. The van der Waals surface area contributed by atoms with Crippen molar-refractivity contribution >= 4 is 23.4 Å². The van der Waals surface area contributed by atoms with E-state index >= 15 is 0 Å². The molecule has 0 spiro atoms. The average molecular weight is 365 g/mol. The topological polar surface area (TPSA) is 64.0 Å². The molecule has 0 saturated carbocycles. The first-order valence-corrected chi connectivity index (χ1v) is 9.17. The Hall–Kier alpha value is -2.86. The van der Waals surface area contributed by atoms with Crippen molar-refractivity contribution in [1.29, 1.82) is 0 Å². The van der Waals surface area contributed by atoms with E-state index in [-0.39, 0.29) is 17.2 Å².